The van der Waals surface area contributed by atoms with Gasteiger partial charge in [0, 0.05) is 31.6 Å². The number of amides is 2. The maximum absolute atomic E-state index is 12.9. The van der Waals surface area contributed by atoms with Crippen LogP contribution in [-0.4, -0.2) is 40.8 Å². The van der Waals surface area contributed by atoms with Crippen LogP contribution in [0.1, 0.15) is 58.2 Å². The monoisotopic (exact) mass is 355 g/mol. The second kappa shape index (κ2) is 8.17. The van der Waals surface area contributed by atoms with Crippen LogP contribution in [0.25, 0.3) is 0 Å². The number of carbonyl (C=O) groups is 2. The third-order valence-corrected chi connectivity index (χ3v) is 4.78. The van der Waals surface area contributed by atoms with Gasteiger partial charge < -0.3 is 14.6 Å². The molecule has 1 atom stereocenters. The molecule has 2 heterocycles. The van der Waals surface area contributed by atoms with Gasteiger partial charge >= 0.3 is 0 Å². The fourth-order valence-electron chi connectivity index (χ4n) is 3.47. The highest BCUT2D eigenvalue weighted by Crippen LogP contribution is 2.23. The predicted molar refractivity (Wildman–Crippen MR) is 98.0 cm³/mol. The van der Waals surface area contributed by atoms with Crippen molar-refractivity contribution >= 4 is 11.8 Å². The first kappa shape index (κ1) is 18.2. The zero-order chi connectivity index (χ0) is 18.5. The average Bonchev–Trinajstić information content (AvgIpc) is 3.00. The van der Waals surface area contributed by atoms with E-state index in [1.54, 1.807) is 26.0 Å². The Bertz CT molecular complexity index is 770. The van der Waals surface area contributed by atoms with Gasteiger partial charge in [0.05, 0.1) is 5.69 Å². The van der Waals surface area contributed by atoms with Crippen LogP contribution >= 0.6 is 0 Å². The molecule has 1 fully saturated rings. The molecule has 1 aromatic heterocycles. The molecular formula is C20H25N3O3. The molecule has 2 aromatic rings. The number of piperidine rings is 1. The Morgan fingerprint density at radius 1 is 1.23 bits per heavy atom. The Labute approximate surface area is 153 Å². The third kappa shape index (κ3) is 4.12. The summed E-state index contributed by atoms with van der Waals surface area (Å²) in [5.41, 5.74) is 1.28. The Kier molecular flexibility index (Phi) is 5.71. The van der Waals surface area contributed by atoms with E-state index < -0.39 is 0 Å². The fourth-order valence-corrected chi connectivity index (χ4v) is 3.47. The molecule has 0 radical (unpaired) electrons. The van der Waals surface area contributed by atoms with E-state index in [1.165, 1.54) is 0 Å². The molecule has 1 aliphatic rings. The molecule has 6 nitrogen and oxygen atoms in total. The Hall–Kier alpha value is -2.63. The van der Waals surface area contributed by atoms with Crippen LogP contribution in [-0.2, 0) is 0 Å². The van der Waals surface area contributed by atoms with Crippen LogP contribution in [0.3, 0.4) is 0 Å². The topological polar surface area (TPSA) is 75.4 Å². The molecule has 0 bridgehead atoms. The van der Waals surface area contributed by atoms with E-state index in [9.17, 15) is 9.59 Å². The zero-order valence-electron chi connectivity index (χ0n) is 15.3. The highest BCUT2D eigenvalue weighted by molar-refractivity contribution is 5.94. The van der Waals surface area contributed by atoms with Crippen molar-refractivity contribution < 1.29 is 14.0 Å². The first-order valence-corrected chi connectivity index (χ1v) is 9.14. The smallest absolute Gasteiger partial charge is 0.291 e. The molecule has 1 N–H and O–H groups in total. The summed E-state index contributed by atoms with van der Waals surface area (Å²) in [4.78, 5) is 31.1. The number of oxazole rings is 1. The van der Waals surface area contributed by atoms with Crippen molar-refractivity contribution in [2.75, 3.05) is 13.1 Å². The van der Waals surface area contributed by atoms with E-state index >= 15 is 0 Å². The lowest BCUT2D eigenvalue weighted by molar-refractivity contribution is 0.0567. The van der Waals surface area contributed by atoms with Crippen molar-refractivity contribution in [3.63, 3.8) is 0 Å². The Morgan fingerprint density at radius 2 is 2.00 bits per heavy atom. The number of aromatic nitrogens is 1. The third-order valence-electron chi connectivity index (χ3n) is 4.78. The number of likely N-dealkylation sites (tertiary alicyclic amines) is 1. The summed E-state index contributed by atoms with van der Waals surface area (Å²) in [5, 5.41) is 2.95. The summed E-state index contributed by atoms with van der Waals surface area (Å²) in [6.07, 6.45) is 3.76. The first-order chi connectivity index (χ1) is 12.6. The fraction of sp³-hybridized carbons (Fsp3) is 0.450. The van der Waals surface area contributed by atoms with Gasteiger partial charge in [0.15, 0.2) is 5.89 Å². The minimum Gasteiger partial charge on any atom is -0.436 e. The van der Waals surface area contributed by atoms with Crippen molar-refractivity contribution in [1.82, 2.24) is 15.2 Å². The standard InChI is InChI=1S/C20H25N3O3/c1-14-18(26-15(2)22-14)20(25)23-13-7-6-10-17(23)11-12-21-19(24)16-8-4-3-5-9-16/h3-5,8-9,17H,6-7,10-13H2,1-2H3,(H,21,24). The summed E-state index contributed by atoms with van der Waals surface area (Å²) in [6, 6.07) is 9.27. The minimum atomic E-state index is -0.0952. The van der Waals surface area contributed by atoms with Crippen LogP contribution in [0.5, 0.6) is 0 Å². The van der Waals surface area contributed by atoms with Gasteiger partial charge in [-0.3, -0.25) is 9.59 Å². The van der Waals surface area contributed by atoms with Gasteiger partial charge in [-0.25, -0.2) is 4.98 Å². The largest absolute Gasteiger partial charge is 0.436 e. The predicted octanol–water partition coefficient (Wildman–Crippen LogP) is 3.11. The van der Waals surface area contributed by atoms with E-state index in [1.807, 2.05) is 23.1 Å². The summed E-state index contributed by atoms with van der Waals surface area (Å²) in [7, 11) is 0. The molecular weight excluding hydrogens is 330 g/mol. The molecule has 1 saturated heterocycles. The van der Waals surface area contributed by atoms with Crippen molar-refractivity contribution in [3.8, 4) is 0 Å². The summed E-state index contributed by atoms with van der Waals surface area (Å²) >= 11 is 0. The molecule has 26 heavy (non-hydrogen) atoms. The first-order valence-electron chi connectivity index (χ1n) is 9.14. The highest BCUT2D eigenvalue weighted by atomic mass is 16.4. The average molecular weight is 355 g/mol. The second-order valence-electron chi connectivity index (χ2n) is 6.71. The van der Waals surface area contributed by atoms with Gasteiger partial charge in [0.1, 0.15) is 0 Å². The zero-order valence-corrected chi connectivity index (χ0v) is 15.3. The summed E-state index contributed by atoms with van der Waals surface area (Å²) in [5.74, 6) is 0.667. The number of aryl methyl sites for hydroxylation is 2. The normalized spacial score (nSPS) is 17.2. The molecule has 2 amide bonds. The van der Waals surface area contributed by atoms with Crippen LogP contribution < -0.4 is 5.32 Å². The highest BCUT2D eigenvalue weighted by Gasteiger charge is 2.30. The molecule has 1 aliphatic heterocycles. The van der Waals surface area contributed by atoms with Gasteiger partial charge in [0.2, 0.25) is 5.76 Å². The SMILES string of the molecule is Cc1nc(C)c(C(=O)N2CCCCC2CCNC(=O)c2ccccc2)o1. The maximum atomic E-state index is 12.9. The number of hydrogen-bond donors (Lipinski definition) is 1. The van der Waals surface area contributed by atoms with Crippen LogP contribution in [0.2, 0.25) is 0 Å². The van der Waals surface area contributed by atoms with Gasteiger partial charge in [0.25, 0.3) is 11.8 Å². The van der Waals surface area contributed by atoms with Gasteiger partial charge in [-0.15, -0.1) is 0 Å². The lowest BCUT2D eigenvalue weighted by Gasteiger charge is -2.35. The Morgan fingerprint density at radius 3 is 2.69 bits per heavy atom. The number of hydrogen-bond acceptors (Lipinski definition) is 4. The van der Waals surface area contributed by atoms with Crippen LogP contribution in [0.15, 0.2) is 34.7 Å². The van der Waals surface area contributed by atoms with E-state index in [2.05, 4.69) is 10.3 Å². The maximum Gasteiger partial charge on any atom is 0.291 e. The van der Waals surface area contributed by atoms with Crippen LogP contribution in [0.4, 0.5) is 0 Å². The van der Waals surface area contributed by atoms with E-state index in [-0.39, 0.29) is 17.9 Å². The molecule has 0 saturated carbocycles. The Balaban J connectivity index is 1.59. The second-order valence-corrected chi connectivity index (χ2v) is 6.71. The van der Waals surface area contributed by atoms with Crippen molar-refractivity contribution in [1.29, 1.82) is 0 Å². The lowest BCUT2D eigenvalue weighted by Crippen LogP contribution is -2.45. The number of carbonyl (C=O) groups excluding carboxylic acids is 2. The van der Waals surface area contributed by atoms with E-state index in [0.29, 0.717) is 29.5 Å². The molecule has 0 aliphatic carbocycles. The van der Waals surface area contributed by atoms with Gasteiger partial charge in [-0.05, 0) is 44.7 Å². The van der Waals surface area contributed by atoms with Gasteiger partial charge in [-0.2, -0.15) is 0 Å². The van der Waals surface area contributed by atoms with Crippen molar-refractivity contribution in [2.24, 2.45) is 0 Å². The minimum absolute atomic E-state index is 0.0824. The molecule has 0 spiro atoms. The molecule has 138 valence electrons. The number of nitrogens with one attached hydrogen (secondary N) is 1. The number of nitrogens with zero attached hydrogens (tertiary/aromatic N) is 2. The van der Waals surface area contributed by atoms with E-state index in [0.717, 1.165) is 32.2 Å². The number of rotatable bonds is 5. The van der Waals surface area contributed by atoms with Crippen LogP contribution in [0, 0.1) is 13.8 Å². The van der Waals surface area contributed by atoms with Crippen molar-refractivity contribution in [2.45, 2.75) is 45.6 Å². The summed E-state index contributed by atoms with van der Waals surface area (Å²) in [6.45, 7) is 4.80. The quantitative estimate of drug-likeness (QED) is 0.894. The molecule has 3 rings (SSSR count). The molecule has 6 heteroatoms. The van der Waals surface area contributed by atoms with Crippen molar-refractivity contribution in [3.05, 3.63) is 53.2 Å². The molecule has 1 unspecified atom stereocenters. The molecule has 1 aromatic carbocycles. The number of benzene rings is 1. The summed E-state index contributed by atoms with van der Waals surface area (Å²) < 4.78 is 5.51. The van der Waals surface area contributed by atoms with Gasteiger partial charge in [-0.1, -0.05) is 18.2 Å². The van der Waals surface area contributed by atoms with E-state index in [4.69, 9.17) is 4.42 Å². The lowest BCUT2D eigenvalue weighted by atomic mass is 9.98.